The maximum absolute atomic E-state index is 10.2. The number of nitrogens with one attached hydrogen (secondary N) is 1. The lowest BCUT2D eigenvalue weighted by Crippen LogP contribution is -2.33. The van der Waals surface area contributed by atoms with E-state index < -0.39 is 6.10 Å². The number of thiazole rings is 1. The van der Waals surface area contributed by atoms with Gasteiger partial charge in [-0.1, -0.05) is 25.5 Å². The number of piperidine rings is 1. The van der Waals surface area contributed by atoms with Crippen LogP contribution in [0.5, 0.6) is 5.75 Å². The summed E-state index contributed by atoms with van der Waals surface area (Å²) in [5.74, 6) is 1.31. The fraction of sp³-hybridized carbons (Fsp3) is 0.591. The first-order chi connectivity index (χ1) is 13.6. The summed E-state index contributed by atoms with van der Waals surface area (Å²) in [4.78, 5) is 6.84. The number of hydrogen-bond acceptors (Lipinski definition) is 6. The normalized spacial score (nSPS) is 17.4. The highest BCUT2D eigenvalue weighted by atomic mass is 32.1. The lowest BCUT2D eigenvalue weighted by molar-refractivity contribution is 0.170. The summed E-state index contributed by atoms with van der Waals surface area (Å²) < 4.78 is 5.91. The molecule has 2 atom stereocenters. The fourth-order valence-electron chi connectivity index (χ4n) is 3.56. The molecule has 2 unspecified atom stereocenters. The maximum atomic E-state index is 10.2. The molecule has 1 aliphatic rings. The van der Waals surface area contributed by atoms with Gasteiger partial charge in [-0.25, -0.2) is 4.98 Å². The van der Waals surface area contributed by atoms with Crippen molar-refractivity contribution < 1.29 is 9.84 Å². The monoisotopic (exact) mass is 403 g/mol. The first kappa shape index (κ1) is 21.2. The van der Waals surface area contributed by atoms with Crippen molar-refractivity contribution in [3.63, 3.8) is 0 Å². The van der Waals surface area contributed by atoms with E-state index in [0.717, 1.165) is 36.1 Å². The Hall–Kier alpha value is -1.47. The van der Waals surface area contributed by atoms with E-state index in [2.05, 4.69) is 46.4 Å². The van der Waals surface area contributed by atoms with Crippen LogP contribution in [0, 0.1) is 6.92 Å². The van der Waals surface area contributed by atoms with Gasteiger partial charge in [0.2, 0.25) is 0 Å². The number of likely N-dealkylation sites (tertiary alicyclic amines) is 1. The Morgan fingerprint density at radius 1 is 1.18 bits per heavy atom. The molecule has 0 radical (unpaired) electrons. The Labute approximate surface area is 172 Å². The SMILES string of the molecule is Cc1nc(C(O)CNCC(C)c2ccc(OCCN3CCCCC3)cc2)cs1. The van der Waals surface area contributed by atoms with Crippen molar-refractivity contribution in [3.8, 4) is 5.75 Å². The van der Waals surface area contributed by atoms with Crippen molar-refractivity contribution in [1.29, 1.82) is 0 Å². The molecule has 154 valence electrons. The van der Waals surface area contributed by atoms with E-state index in [1.807, 2.05) is 12.3 Å². The minimum absolute atomic E-state index is 0.367. The molecule has 2 N–H and O–H groups in total. The van der Waals surface area contributed by atoms with Crippen molar-refractivity contribution in [2.75, 3.05) is 39.3 Å². The Balaban J connectivity index is 1.36. The van der Waals surface area contributed by atoms with Gasteiger partial charge in [0.25, 0.3) is 0 Å². The number of benzene rings is 1. The average molecular weight is 404 g/mol. The quantitative estimate of drug-likeness (QED) is 0.633. The number of nitrogens with zero attached hydrogens (tertiary/aromatic N) is 2. The van der Waals surface area contributed by atoms with Crippen LogP contribution in [0.15, 0.2) is 29.6 Å². The summed E-state index contributed by atoms with van der Waals surface area (Å²) in [5, 5.41) is 16.5. The lowest BCUT2D eigenvalue weighted by Gasteiger charge is -2.26. The van der Waals surface area contributed by atoms with E-state index in [1.54, 1.807) is 11.3 Å². The second kappa shape index (κ2) is 10.9. The van der Waals surface area contributed by atoms with E-state index >= 15 is 0 Å². The Bertz CT molecular complexity index is 698. The molecule has 1 aliphatic heterocycles. The highest BCUT2D eigenvalue weighted by Gasteiger charge is 2.12. The highest BCUT2D eigenvalue weighted by molar-refractivity contribution is 7.09. The molecule has 1 aromatic heterocycles. The van der Waals surface area contributed by atoms with Crippen LogP contribution in [0.2, 0.25) is 0 Å². The molecule has 1 fully saturated rings. The van der Waals surface area contributed by atoms with Crippen molar-refractivity contribution in [3.05, 3.63) is 45.9 Å². The number of ether oxygens (including phenoxy) is 1. The molecule has 1 saturated heterocycles. The van der Waals surface area contributed by atoms with Crippen LogP contribution in [0.4, 0.5) is 0 Å². The van der Waals surface area contributed by atoms with E-state index in [1.165, 1.54) is 37.9 Å². The van der Waals surface area contributed by atoms with Gasteiger partial charge >= 0.3 is 0 Å². The zero-order chi connectivity index (χ0) is 19.8. The Morgan fingerprint density at radius 2 is 1.93 bits per heavy atom. The number of aliphatic hydroxyl groups excluding tert-OH is 1. The third-order valence-corrected chi connectivity index (χ3v) is 6.13. The third-order valence-electron chi connectivity index (χ3n) is 5.34. The summed E-state index contributed by atoms with van der Waals surface area (Å²) >= 11 is 1.57. The zero-order valence-corrected chi connectivity index (χ0v) is 17.9. The molecule has 1 aromatic carbocycles. The number of hydrogen-bond donors (Lipinski definition) is 2. The maximum Gasteiger partial charge on any atom is 0.119 e. The predicted molar refractivity (Wildman–Crippen MR) is 115 cm³/mol. The predicted octanol–water partition coefficient (Wildman–Crippen LogP) is 3.74. The summed E-state index contributed by atoms with van der Waals surface area (Å²) in [6.45, 7) is 9.68. The molecule has 0 aliphatic carbocycles. The first-order valence-corrected chi connectivity index (χ1v) is 11.3. The van der Waals surface area contributed by atoms with Crippen LogP contribution >= 0.6 is 11.3 Å². The largest absolute Gasteiger partial charge is 0.492 e. The smallest absolute Gasteiger partial charge is 0.119 e. The molecule has 3 rings (SSSR count). The van der Waals surface area contributed by atoms with Crippen molar-refractivity contribution in [2.24, 2.45) is 0 Å². The Morgan fingerprint density at radius 3 is 2.61 bits per heavy atom. The Kier molecular flexibility index (Phi) is 8.27. The highest BCUT2D eigenvalue weighted by Crippen LogP contribution is 2.20. The van der Waals surface area contributed by atoms with Gasteiger partial charge in [0.1, 0.15) is 18.5 Å². The van der Waals surface area contributed by atoms with Crippen LogP contribution in [0.3, 0.4) is 0 Å². The molecule has 0 bridgehead atoms. The minimum Gasteiger partial charge on any atom is -0.492 e. The van der Waals surface area contributed by atoms with E-state index in [-0.39, 0.29) is 0 Å². The molecule has 6 heteroatoms. The molecule has 2 heterocycles. The number of aryl methyl sites for hydroxylation is 1. The number of rotatable bonds is 10. The zero-order valence-electron chi connectivity index (χ0n) is 17.1. The summed E-state index contributed by atoms with van der Waals surface area (Å²) in [5.41, 5.74) is 2.03. The van der Waals surface area contributed by atoms with Gasteiger partial charge in [0.15, 0.2) is 0 Å². The van der Waals surface area contributed by atoms with Gasteiger partial charge in [-0.3, -0.25) is 4.90 Å². The van der Waals surface area contributed by atoms with Gasteiger partial charge in [-0.05, 0) is 56.5 Å². The van der Waals surface area contributed by atoms with Crippen LogP contribution in [0.1, 0.15) is 54.5 Å². The van der Waals surface area contributed by atoms with Crippen molar-refractivity contribution in [1.82, 2.24) is 15.2 Å². The standard InChI is InChI=1S/C22H33N3O2S/c1-17(14-23-15-22(26)21-16-28-18(2)24-21)19-6-8-20(9-7-19)27-13-12-25-10-4-3-5-11-25/h6-9,16-17,22-23,26H,3-5,10-15H2,1-2H3. The minimum atomic E-state index is -0.548. The van der Waals surface area contributed by atoms with Gasteiger partial charge < -0.3 is 15.2 Å². The fourth-order valence-corrected chi connectivity index (χ4v) is 4.22. The van der Waals surface area contributed by atoms with Crippen LogP contribution in [-0.4, -0.2) is 54.3 Å². The number of aliphatic hydroxyl groups is 1. The molecule has 28 heavy (non-hydrogen) atoms. The van der Waals surface area contributed by atoms with Crippen LogP contribution in [-0.2, 0) is 0 Å². The summed E-state index contributed by atoms with van der Waals surface area (Å²) in [6, 6.07) is 8.41. The second-order valence-electron chi connectivity index (χ2n) is 7.69. The van der Waals surface area contributed by atoms with E-state index in [0.29, 0.717) is 12.5 Å². The summed E-state index contributed by atoms with van der Waals surface area (Å²) in [7, 11) is 0. The lowest BCUT2D eigenvalue weighted by atomic mass is 10.0. The topological polar surface area (TPSA) is 57.6 Å². The van der Waals surface area contributed by atoms with Gasteiger partial charge in [0, 0.05) is 25.0 Å². The molecule has 5 nitrogen and oxygen atoms in total. The second-order valence-corrected chi connectivity index (χ2v) is 8.75. The van der Waals surface area contributed by atoms with Gasteiger partial charge in [-0.2, -0.15) is 0 Å². The molecule has 0 spiro atoms. The van der Waals surface area contributed by atoms with Crippen molar-refractivity contribution >= 4 is 11.3 Å². The van der Waals surface area contributed by atoms with E-state index in [9.17, 15) is 5.11 Å². The first-order valence-electron chi connectivity index (χ1n) is 10.4. The molecular weight excluding hydrogens is 370 g/mol. The molecular formula is C22H33N3O2S. The molecule has 0 amide bonds. The van der Waals surface area contributed by atoms with Gasteiger partial charge in [0.05, 0.1) is 10.7 Å². The molecule has 2 aromatic rings. The molecule has 0 saturated carbocycles. The van der Waals surface area contributed by atoms with Crippen LogP contribution in [0.25, 0.3) is 0 Å². The van der Waals surface area contributed by atoms with Crippen LogP contribution < -0.4 is 10.1 Å². The van der Waals surface area contributed by atoms with Gasteiger partial charge in [-0.15, -0.1) is 11.3 Å². The van der Waals surface area contributed by atoms with Crippen molar-refractivity contribution in [2.45, 2.75) is 45.1 Å². The third kappa shape index (κ3) is 6.55. The summed E-state index contributed by atoms with van der Waals surface area (Å²) in [6.07, 6.45) is 3.46. The number of aromatic nitrogens is 1. The average Bonchev–Trinajstić information content (AvgIpc) is 3.16. The van der Waals surface area contributed by atoms with E-state index in [4.69, 9.17) is 4.74 Å².